The SMILES string of the molecule is C=C=C.C=C=C=C=C=C=C.COc1ccc(/C=C/C(=O)NC2CCCCCC2)cc1S(=O)(=O)N1CCOCC1. The van der Waals surface area contributed by atoms with E-state index in [0.717, 1.165) is 25.7 Å². The van der Waals surface area contributed by atoms with Crippen LogP contribution in [0.2, 0.25) is 0 Å². The lowest BCUT2D eigenvalue weighted by atomic mass is 10.1. The molecule has 7 nitrogen and oxygen atoms in total. The highest BCUT2D eigenvalue weighted by molar-refractivity contribution is 7.89. The third-order valence-corrected chi connectivity index (χ3v) is 7.63. The maximum Gasteiger partial charge on any atom is 0.246 e. The van der Waals surface area contributed by atoms with Gasteiger partial charge in [0.25, 0.3) is 0 Å². The van der Waals surface area contributed by atoms with E-state index < -0.39 is 10.0 Å². The number of nitrogens with zero attached hydrogens (tertiary/aromatic N) is 1. The summed E-state index contributed by atoms with van der Waals surface area (Å²) in [5.74, 6) is 0.141. The van der Waals surface area contributed by atoms with Crippen molar-refractivity contribution >= 4 is 22.0 Å². The Morgan fingerprint density at radius 3 is 2.15 bits per heavy atom. The summed E-state index contributed by atoms with van der Waals surface area (Å²) in [7, 11) is -2.25. The summed E-state index contributed by atoms with van der Waals surface area (Å²) in [5, 5.41) is 3.06. The standard InChI is InChI=1S/C21H30N2O5S.C7H4.C3H4/c1-27-19-10-8-17(9-11-21(24)22-18-6-4-2-3-5-7-18)16-20(19)29(25,26)23-12-14-28-15-13-23;1-3-5-7-6-4-2;1-3-2/h8-11,16,18H,2-7,12-15H2,1H3,(H,22,24);1-2H2;1-2H2/b11-9+;;. The van der Waals surface area contributed by atoms with Gasteiger partial charge in [-0.2, -0.15) is 4.31 Å². The van der Waals surface area contributed by atoms with E-state index in [1.165, 1.54) is 30.3 Å². The maximum absolute atomic E-state index is 13.0. The Morgan fingerprint density at radius 2 is 1.62 bits per heavy atom. The van der Waals surface area contributed by atoms with E-state index in [4.69, 9.17) is 9.47 Å². The molecule has 3 rings (SSSR count). The zero-order valence-electron chi connectivity index (χ0n) is 22.8. The predicted octanol–water partition coefficient (Wildman–Crippen LogP) is 5.10. The second-order valence-electron chi connectivity index (χ2n) is 8.44. The third kappa shape index (κ3) is 12.6. The van der Waals surface area contributed by atoms with Crippen molar-refractivity contribution in [2.24, 2.45) is 0 Å². The Morgan fingerprint density at radius 1 is 1.03 bits per heavy atom. The molecule has 0 atom stereocenters. The smallest absolute Gasteiger partial charge is 0.246 e. The van der Waals surface area contributed by atoms with E-state index in [-0.39, 0.29) is 22.6 Å². The number of carbonyl (C=O) groups is 1. The molecule has 0 aromatic heterocycles. The summed E-state index contributed by atoms with van der Waals surface area (Å²) < 4.78 is 38.0. The van der Waals surface area contributed by atoms with Crippen molar-refractivity contribution in [2.75, 3.05) is 33.4 Å². The zero-order chi connectivity index (χ0) is 28.9. The van der Waals surface area contributed by atoms with E-state index in [9.17, 15) is 13.2 Å². The number of methoxy groups -OCH3 is 1. The monoisotopic (exact) mass is 550 g/mol. The molecule has 1 aliphatic heterocycles. The summed E-state index contributed by atoms with van der Waals surface area (Å²) in [6.07, 6.45) is 9.91. The highest BCUT2D eigenvalue weighted by Gasteiger charge is 2.29. The number of amides is 1. The van der Waals surface area contributed by atoms with Crippen molar-refractivity contribution in [1.29, 1.82) is 0 Å². The number of ether oxygens (including phenoxy) is 2. The minimum Gasteiger partial charge on any atom is -0.495 e. The first-order chi connectivity index (χ1) is 18.8. The van der Waals surface area contributed by atoms with Crippen LogP contribution in [-0.4, -0.2) is 58.1 Å². The number of rotatable bonds is 6. The first-order valence-corrected chi connectivity index (χ1v) is 14.1. The predicted molar refractivity (Wildman–Crippen MR) is 155 cm³/mol. The molecule has 0 bridgehead atoms. The summed E-state index contributed by atoms with van der Waals surface area (Å²) >= 11 is 0. The molecule has 0 unspecified atom stereocenters. The lowest BCUT2D eigenvalue weighted by molar-refractivity contribution is -0.117. The number of hydrogen-bond donors (Lipinski definition) is 1. The molecule has 0 radical (unpaired) electrons. The molecule has 1 saturated carbocycles. The van der Waals surface area contributed by atoms with Crippen LogP contribution in [0.4, 0.5) is 0 Å². The second kappa shape index (κ2) is 19.3. The van der Waals surface area contributed by atoms with Crippen LogP contribution in [0.25, 0.3) is 6.08 Å². The third-order valence-electron chi connectivity index (χ3n) is 5.71. The molecule has 8 heteroatoms. The number of benzene rings is 1. The minimum atomic E-state index is -3.70. The quantitative estimate of drug-likeness (QED) is 0.303. The van der Waals surface area contributed by atoms with Crippen molar-refractivity contribution in [3.63, 3.8) is 0 Å². The van der Waals surface area contributed by atoms with Gasteiger partial charge in [0, 0.05) is 25.2 Å². The van der Waals surface area contributed by atoms with E-state index in [1.807, 2.05) is 0 Å². The second-order valence-corrected chi connectivity index (χ2v) is 10.3. The van der Waals surface area contributed by atoms with Crippen LogP contribution in [0.5, 0.6) is 5.75 Å². The molecule has 39 heavy (non-hydrogen) atoms. The molecule has 1 aliphatic carbocycles. The fourth-order valence-electron chi connectivity index (χ4n) is 3.89. The van der Waals surface area contributed by atoms with Crippen LogP contribution in [0, 0.1) is 0 Å². The van der Waals surface area contributed by atoms with Crippen molar-refractivity contribution in [3.05, 3.63) is 90.5 Å². The molecule has 1 aromatic carbocycles. The maximum atomic E-state index is 13.0. The summed E-state index contributed by atoms with van der Waals surface area (Å²) in [6, 6.07) is 5.14. The van der Waals surface area contributed by atoms with Gasteiger partial charge >= 0.3 is 0 Å². The summed E-state index contributed by atoms with van der Waals surface area (Å²) in [5.41, 5.74) is 14.9. The molecule has 1 heterocycles. The Balaban J connectivity index is 0.000000652. The Hall–Kier alpha value is -3.74. The summed E-state index contributed by atoms with van der Waals surface area (Å²) in [4.78, 5) is 12.4. The first kappa shape index (κ1) is 33.3. The van der Waals surface area contributed by atoms with E-state index in [1.54, 1.807) is 24.3 Å². The molecule has 2 aliphatic rings. The van der Waals surface area contributed by atoms with Crippen molar-refractivity contribution in [1.82, 2.24) is 9.62 Å². The van der Waals surface area contributed by atoms with Crippen LogP contribution in [0.15, 0.2) is 89.9 Å². The van der Waals surface area contributed by atoms with Gasteiger partial charge in [-0.15, -0.1) is 5.73 Å². The van der Waals surface area contributed by atoms with Gasteiger partial charge in [-0.1, -0.05) is 56.4 Å². The van der Waals surface area contributed by atoms with Crippen LogP contribution in [0.3, 0.4) is 0 Å². The molecule has 1 aromatic rings. The molecule has 1 saturated heterocycles. The van der Waals surface area contributed by atoms with Crippen LogP contribution < -0.4 is 10.1 Å². The van der Waals surface area contributed by atoms with E-state index >= 15 is 0 Å². The van der Waals surface area contributed by atoms with Gasteiger partial charge in [-0.3, -0.25) is 4.79 Å². The van der Waals surface area contributed by atoms with E-state index in [0.29, 0.717) is 31.9 Å². The van der Waals surface area contributed by atoms with Crippen LogP contribution >= 0.6 is 0 Å². The van der Waals surface area contributed by atoms with Gasteiger partial charge in [0.1, 0.15) is 10.6 Å². The normalized spacial score (nSPS) is 15.5. The molecule has 208 valence electrons. The number of nitrogens with one attached hydrogen (secondary N) is 1. The highest BCUT2D eigenvalue weighted by atomic mass is 32.2. The topological polar surface area (TPSA) is 84.9 Å². The Labute approximate surface area is 233 Å². The zero-order valence-corrected chi connectivity index (χ0v) is 23.6. The molecule has 1 amide bonds. The molecule has 0 spiro atoms. The number of sulfonamides is 1. The average Bonchev–Trinajstić information content (AvgIpc) is 3.22. The fraction of sp³-hybridized carbons (Fsp3) is 0.387. The number of carbonyl (C=O) groups excluding carboxylic acids is 1. The van der Waals surface area contributed by atoms with Crippen molar-refractivity contribution in [2.45, 2.75) is 49.5 Å². The number of hydrogen-bond acceptors (Lipinski definition) is 5. The Kier molecular flexibility index (Phi) is 16.5. The molecular formula is C31H38N2O5S. The van der Waals surface area contributed by atoms with Crippen molar-refractivity contribution in [3.8, 4) is 5.75 Å². The molecule has 2 fully saturated rings. The molecular weight excluding hydrogens is 512 g/mol. The van der Waals surface area contributed by atoms with Gasteiger partial charge in [-0.05, 0) is 67.0 Å². The lowest BCUT2D eigenvalue weighted by Crippen LogP contribution is -2.40. The summed E-state index contributed by atoms with van der Waals surface area (Å²) in [6.45, 7) is 14.1. The largest absolute Gasteiger partial charge is 0.495 e. The van der Waals surface area contributed by atoms with Gasteiger partial charge < -0.3 is 14.8 Å². The van der Waals surface area contributed by atoms with Crippen LogP contribution in [0.1, 0.15) is 44.1 Å². The van der Waals surface area contributed by atoms with Crippen molar-refractivity contribution < 1.29 is 22.7 Å². The van der Waals surface area contributed by atoms with Gasteiger partial charge in [0.2, 0.25) is 15.9 Å². The van der Waals surface area contributed by atoms with Gasteiger partial charge in [0.15, 0.2) is 0 Å². The first-order valence-electron chi connectivity index (χ1n) is 12.7. The average molecular weight is 551 g/mol. The minimum absolute atomic E-state index is 0.105. The fourth-order valence-corrected chi connectivity index (χ4v) is 5.49. The van der Waals surface area contributed by atoms with E-state index in [2.05, 4.69) is 66.0 Å². The van der Waals surface area contributed by atoms with Gasteiger partial charge in [-0.25, -0.2) is 8.42 Å². The van der Waals surface area contributed by atoms with Gasteiger partial charge in [0.05, 0.1) is 20.3 Å². The lowest BCUT2D eigenvalue weighted by Gasteiger charge is -2.26. The number of morpholine rings is 1. The highest BCUT2D eigenvalue weighted by Crippen LogP contribution is 2.29. The molecule has 1 N–H and O–H groups in total. The Bertz CT molecular complexity index is 1260. The van der Waals surface area contributed by atoms with Crippen LogP contribution in [-0.2, 0) is 19.6 Å².